The van der Waals surface area contributed by atoms with Gasteiger partial charge in [0, 0.05) is 12.5 Å². The van der Waals surface area contributed by atoms with Crippen molar-refractivity contribution in [2.45, 2.75) is 63.8 Å². The lowest BCUT2D eigenvalue weighted by molar-refractivity contribution is -0.145. The summed E-state index contributed by atoms with van der Waals surface area (Å²) in [5.41, 5.74) is 2.18. The molecule has 148 valence electrons. The number of halogens is 1. The number of rotatable bonds is 4. The quantitative estimate of drug-likeness (QED) is 0.603. The van der Waals surface area contributed by atoms with E-state index in [1.54, 1.807) is 6.07 Å². The number of carbonyl (C=O) groups excluding carboxylic acids is 1. The highest BCUT2D eigenvalue weighted by Gasteiger charge is 2.44. The number of aliphatic carboxylic acids is 1. The predicted molar refractivity (Wildman–Crippen MR) is 103 cm³/mol. The van der Waals surface area contributed by atoms with Gasteiger partial charge in [0.25, 0.3) is 0 Å². The van der Waals surface area contributed by atoms with Crippen molar-refractivity contribution in [2.24, 2.45) is 5.92 Å². The standard InChI is InChI=1S/C20H28FNO4Si/c1-20(2,3)27(4,5)26-16-7-6-11-8-13(15(21)9-12(11)16)14-10-22-18(23)17(14)19(24)25/h8-9,14,16-17H,6-7,10H2,1-5H3,(H,22,23)(H,24,25). The molecule has 27 heavy (non-hydrogen) atoms. The van der Waals surface area contributed by atoms with E-state index in [0.717, 1.165) is 24.0 Å². The number of aryl methyl sites for hydroxylation is 1. The third kappa shape index (κ3) is 3.54. The van der Waals surface area contributed by atoms with Crippen molar-refractivity contribution < 1.29 is 23.5 Å². The number of carboxylic acid groups (broad SMARTS) is 1. The van der Waals surface area contributed by atoms with Crippen LogP contribution in [0.4, 0.5) is 4.39 Å². The smallest absolute Gasteiger partial charge is 0.316 e. The summed E-state index contributed by atoms with van der Waals surface area (Å²) in [5, 5.41) is 12.0. The topological polar surface area (TPSA) is 75.6 Å². The summed E-state index contributed by atoms with van der Waals surface area (Å²) in [6.07, 6.45) is 1.45. The molecule has 1 heterocycles. The number of amides is 1. The van der Waals surface area contributed by atoms with Crippen molar-refractivity contribution in [3.8, 4) is 0 Å². The van der Waals surface area contributed by atoms with Crippen LogP contribution in [0.25, 0.3) is 0 Å². The van der Waals surface area contributed by atoms with Gasteiger partial charge >= 0.3 is 5.97 Å². The molecule has 1 aromatic carbocycles. The number of hydrogen-bond donors (Lipinski definition) is 2. The Hall–Kier alpha value is -1.73. The maximum atomic E-state index is 14.9. The van der Waals surface area contributed by atoms with Crippen LogP contribution in [-0.2, 0) is 20.4 Å². The Labute approximate surface area is 160 Å². The number of carboxylic acids is 1. The second kappa shape index (κ2) is 6.70. The molecule has 2 N–H and O–H groups in total. The maximum absolute atomic E-state index is 14.9. The summed E-state index contributed by atoms with van der Waals surface area (Å²) in [4.78, 5) is 23.3. The Balaban J connectivity index is 1.90. The SMILES string of the molecule is CC(C)(C)[Si](C)(C)OC1CCc2cc(C3CNC(=O)C3C(=O)O)c(F)cc21. The van der Waals surface area contributed by atoms with Gasteiger partial charge in [0.15, 0.2) is 8.32 Å². The largest absolute Gasteiger partial charge is 0.481 e. The van der Waals surface area contributed by atoms with Gasteiger partial charge in [0.2, 0.25) is 5.91 Å². The summed E-state index contributed by atoms with van der Waals surface area (Å²) >= 11 is 0. The van der Waals surface area contributed by atoms with Crippen LogP contribution in [0.1, 0.15) is 55.9 Å². The molecule has 1 aromatic rings. The molecule has 0 radical (unpaired) electrons. The molecule has 3 rings (SSSR count). The van der Waals surface area contributed by atoms with E-state index in [0.29, 0.717) is 5.56 Å². The van der Waals surface area contributed by atoms with Crippen LogP contribution in [0.15, 0.2) is 12.1 Å². The van der Waals surface area contributed by atoms with Crippen LogP contribution in [0.5, 0.6) is 0 Å². The Morgan fingerprint density at radius 2 is 1.96 bits per heavy atom. The van der Waals surface area contributed by atoms with E-state index in [4.69, 9.17) is 4.43 Å². The Kier molecular flexibility index (Phi) is 4.97. The average Bonchev–Trinajstić information content (AvgIpc) is 3.09. The Bertz CT molecular complexity index is 787. The predicted octanol–water partition coefficient (Wildman–Crippen LogP) is 3.75. The molecule has 2 aliphatic rings. The fourth-order valence-corrected chi connectivity index (χ4v) is 5.05. The molecule has 0 bridgehead atoms. The minimum Gasteiger partial charge on any atom is -0.481 e. The van der Waals surface area contributed by atoms with E-state index in [9.17, 15) is 19.1 Å². The molecule has 0 aromatic heterocycles. The molecule has 1 fully saturated rings. The highest BCUT2D eigenvalue weighted by molar-refractivity contribution is 6.74. The summed E-state index contributed by atoms with van der Waals surface area (Å²) < 4.78 is 21.4. The van der Waals surface area contributed by atoms with Crippen molar-refractivity contribution >= 4 is 20.2 Å². The highest BCUT2D eigenvalue weighted by Crippen LogP contribution is 2.45. The van der Waals surface area contributed by atoms with Crippen LogP contribution in [0.3, 0.4) is 0 Å². The number of benzene rings is 1. The number of carbonyl (C=O) groups is 2. The molecular formula is C20H28FNO4Si. The Morgan fingerprint density at radius 1 is 1.30 bits per heavy atom. The molecule has 3 unspecified atom stereocenters. The second-order valence-corrected chi connectivity index (χ2v) is 13.9. The van der Waals surface area contributed by atoms with E-state index in [-0.39, 0.29) is 17.7 Å². The van der Waals surface area contributed by atoms with Crippen LogP contribution in [0.2, 0.25) is 18.1 Å². The van der Waals surface area contributed by atoms with Crippen LogP contribution in [-0.4, -0.2) is 31.8 Å². The molecule has 7 heteroatoms. The lowest BCUT2D eigenvalue weighted by Crippen LogP contribution is -2.41. The van der Waals surface area contributed by atoms with E-state index in [1.165, 1.54) is 6.07 Å². The van der Waals surface area contributed by atoms with Crippen molar-refractivity contribution in [3.05, 3.63) is 34.6 Å². The van der Waals surface area contributed by atoms with Crippen LogP contribution in [0, 0.1) is 11.7 Å². The first kappa shape index (κ1) is 20.0. The molecule has 5 nitrogen and oxygen atoms in total. The fourth-order valence-electron chi connectivity index (χ4n) is 3.74. The molecule has 0 saturated carbocycles. The zero-order chi connectivity index (χ0) is 20.1. The second-order valence-electron chi connectivity index (χ2n) is 9.15. The number of nitrogens with one attached hydrogen (secondary N) is 1. The summed E-state index contributed by atoms with van der Waals surface area (Å²) in [6.45, 7) is 11.0. The van der Waals surface area contributed by atoms with Gasteiger partial charge in [-0.05, 0) is 53.7 Å². The zero-order valence-electron chi connectivity index (χ0n) is 16.6. The van der Waals surface area contributed by atoms with Crippen molar-refractivity contribution in [3.63, 3.8) is 0 Å². The summed E-state index contributed by atoms with van der Waals surface area (Å²) in [7, 11) is -1.98. The lowest BCUT2D eigenvalue weighted by atomic mass is 9.86. The van der Waals surface area contributed by atoms with Gasteiger partial charge in [-0.25, -0.2) is 4.39 Å². The van der Waals surface area contributed by atoms with Gasteiger partial charge in [0.05, 0.1) is 6.10 Å². The van der Waals surface area contributed by atoms with E-state index >= 15 is 0 Å². The van der Waals surface area contributed by atoms with Crippen molar-refractivity contribution in [2.75, 3.05) is 6.54 Å². The molecular weight excluding hydrogens is 365 g/mol. The van der Waals surface area contributed by atoms with Crippen molar-refractivity contribution in [1.29, 1.82) is 0 Å². The molecule has 1 saturated heterocycles. The first-order chi connectivity index (χ1) is 12.4. The zero-order valence-corrected chi connectivity index (χ0v) is 17.6. The van der Waals surface area contributed by atoms with E-state index in [1.807, 2.05) is 0 Å². The van der Waals surface area contributed by atoms with Gasteiger partial charge < -0.3 is 14.8 Å². The normalized spacial score (nSPS) is 25.4. The average molecular weight is 394 g/mol. The molecule has 0 spiro atoms. The summed E-state index contributed by atoms with van der Waals surface area (Å²) in [6, 6.07) is 3.25. The van der Waals surface area contributed by atoms with E-state index in [2.05, 4.69) is 39.2 Å². The Morgan fingerprint density at radius 3 is 2.56 bits per heavy atom. The third-order valence-corrected chi connectivity index (χ3v) is 10.9. The van der Waals surface area contributed by atoms with Crippen LogP contribution < -0.4 is 5.32 Å². The monoisotopic (exact) mass is 393 g/mol. The minimum atomic E-state index is -1.98. The molecule has 1 aliphatic heterocycles. The van der Waals surface area contributed by atoms with Crippen LogP contribution >= 0.6 is 0 Å². The molecule has 1 aliphatic carbocycles. The molecule has 3 atom stereocenters. The van der Waals surface area contributed by atoms with Gasteiger partial charge in [-0.15, -0.1) is 0 Å². The molecule has 1 amide bonds. The highest BCUT2D eigenvalue weighted by atomic mass is 28.4. The van der Waals surface area contributed by atoms with Gasteiger partial charge in [-0.2, -0.15) is 0 Å². The van der Waals surface area contributed by atoms with Crippen molar-refractivity contribution in [1.82, 2.24) is 5.32 Å². The first-order valence-electron chi connectivity index (χ1n) is 9.43. The third-order valence-electron chi connectivity index (χ3n) is 6.37. The maximum Gasteiger partial charge on any atom is 0.316 e. The fraction of sp³-hybridized carbons (Fsp3) is 0.600. The van der Waals surface area contributed by atoms with Gasteiger partial charge in [0.1, 0.15) is 11.7 Å². The minimum absolute atomic E-state index is 0.0683. The van der Waals surface area contributed by atoms with Gasteiger partial charge in [-0.1, -0.05) is 26.8 Å². The summed E-state index contributed by atoms with van der Waals surface area (Å²) in [5.74, 6) is -4.13. The van der Waals surface area contributed by atoms with E-state index < -0.39 is 37.8 Å². The lowest BCUT2D eigenvalue weighted by Gasteiger charge is -2.38. The van der Waals surface area contributed by atoms with Gasteiger partial charge in [-0.3, -0.25) is 9.59 Å². The number of hydrogen-bond acceptors (Lipinski definition) is 3. The number of fused-ring (bicyclic) bond motifs is 1. The first-order valence-corrected chi connectivity index (χ1v) is 12.3.